The van der Waals surface area contributed by atoms with Gasteiger partial charge in [0.1, 0.15) is 0 Å². The van der Waals surface area contributed by atoms with Crippen LogP contribution in [-0.2, 0) is 6.42 Å². The highest BCUT2D eigenvalue weighted by molar-refractivity contribution is 6.32. The largest absolute Gasteiger partial charge is 0.277 e. The molecule has 0 unspecified atom stereocenters. The van der Waals surface area contributed by atoms with Crippen molar-refractivity contribution in [1.29, 1.82) is 0 Å². The molecule has 4 heteroatoms. The van der Waals surface area contributed by atoms with Crippen molar-refractivity contribution >= 4 is 11.6 Å². The van der Waals surface area contributed by atoms with E-state index < -0.39 is 0 Å². The number of fused-ring (bicyclic) bond motifs is 3. The molecule has 0 spiro atoms. The Kier molecular flexibility index (Phi) is 2.23. The molecule has 0 saturated heterocycles. The van der Waals surface area contributed by atoms with E-state index in [4.69, 9.17) is 11.6 Å². The zero-order valence-electron chi connectivity index (χ0n) is 10.0. The topological polar surface area (TPSA) is 41.6 Å². The number of nitrogens with zero attached hydrogens (tertiary/aromatic N) is 2. The quantitative estimate of drug-likeness (QED) is 0.571. The molecular formula is C15H10ClN3. The summed E-state index contributed by atoms with van der Waals surface area (Å²) in [7, 11) is 0. The number of halogens is 1. The maximum absolute atomic E-state index is 6.27. The first kappa shape index (κ1) is 10.8. The summed E-state index contributed by atoms with van der Waals surface area (Å²) < 4.78 is 0. The average Bonchev–Trinajstić information content (AvgIpc) is 3.00. The van der Waals surface area contributed by atoms with Crippen molar-refractivity contribution in [3.8, 4) is 22.5 Å². The summed E-state index contributed by atoms with van der Waals surface area (Å²) in [5.74, 6) is 0. The van der Waals surface area contributed by atoms with Gasteiger partial charge in [-0.3, -0.25) is 10.1 Å². The van der Waals surface area contributed by atoms with Gasteiger partial charge in [-0.1, -0.05) is 23.7 Å². The van der Waals surface area contributed by atoms with Crippen LogP contribution in [0.2, 0.25) is 5.02 Å². The lowest BCUT2D eigenvalue weighted by atomic mass is 10.1. The SMILES string of the molecule is Clc1cccc2c1Cc1c(-c3cccnc3)n[nH]c1-2. The summed E-state index contributed by atoms with van der Waals surface area (Å²) >= 11 is 6.27. The van der Waals surface area contributed by atoms with E-state index in [1.807, 2.05) is 30.5 Å². The third-order valence-corrected chi connectivity index (χ3v) is 3.90. The van der Waals surface area contributed by atoms with E-state index in [0.29, 0.717) is 0 Å². The summed E-state index contributed by atoms with van der Waals surface area (Å²) in [6, 6.07) is 9.93. The van der Waals surface area contributed by atoms with Crippen LogP contribution in [0.15, 0.2) is 42.7 Å². The molecule has 1 aromatic carbocycles. The Hall–Kier alpha value is -2.13. The van der Waals surface area contributed by atoms with Gasteiger partial charge in [0.2, 0.25) is 0 Å². The van der Waals surface area contributed by atoms with Gasteiger partial charge in [-0.25, -0.2) is 0 Å². The molecule has 3 aromatic rings. The lowest BCUT2D eigenvalue weighted by Crippen LogP contribution is -1.88. The highest BCUT2D eigenvalue weighted by Crippen LogP contribution is 2.42. The molecule has 0 saturated carbocycles. The first-order chi connectivity index (χ1) is 9.34. The second-order valence-corrected chi connectivity index (χ2v) is 5.02. The van der Waals surface area contributed by atoms with Crippen molar-refractivity contribution in [1.82, 2.24) is 15.2 Å². The molecule has 0 atom stereocenters. The molecule has 0 radical (unpaired) electrons. The van der Waals surface area contributed by atoms with Crippen molar-refractivity contribution in [3.63, 3.8) is 0 Å². The first-order valence-electron chi connectivity index (χ1n) is 6.10. The van der Waals surface area contributed by atoms with Gasteiger partial charge >= 0.3 is 0 Å². The highest BCUT2D eigenvalue weighted by atomic mass is 35.5. The van der Waals surface area contributed by atoms with Crippen molar-refractivity contribution in [2.24, 2.45) is 0 Å². The van der Waals surface area contributed by atoms with Crippen LogP contribution in [0.25, 0.3) is 22.5 Å². The van der Waals surface area contributed by atoms with E-state index >= 15 is 0 Å². The lowest BCUT2D eigenvalue weighted by molar-refractivity contribution is 1.09. The minimum absolute atomic E-state index is 0.819. The number of aromatic nitrogens is 3. The van der Waals surface area contributed by atoms with Crippen LogP contribution in [0.5, 0.6) is 0 Å². The minimum Gasteiger partial charge on any atom is -0.277 e. The Labute approximate surface area is 115 Å². The van der Waals surface area contributed by atoms with E-state index in [9.17, 15) is 0 Å². The number of hydrogen-bond acceptors (Lipinski definition) is 2. The molecule has 92 valence electrons. The Morgan fingerprint density at radius 2 is 2.05 bits per heavy atom. The van der Waals surface area contributed by atoms with Gasteiger partial charge in [-0.15, -0.1) is 0 Å². The zero-order valence-corrected chi connectivity index (χ0v) is 10.8. The van der Waals surface area contributed by atoms with Crippen LogP contribution in [0.4, 0.5) is 0 Å². The van der Waals surface area contributed by atoms with Crippen LogP contribution in [0, 0.1) is 0 Å². The van der Waals surface area contributed by atoms with Crippen LogP contribution in [0.3, 0.4) is 0 Å². The monoisotopic (exact) mass is 267 g/mol. The average molecular weight is 268 g/mol. The third-order valence-electron chi connectivity index (χ3n) is 3.54. The molecule has 0 amide bonds. The normalized spacial score (nSPS) is 12.3. The van der Waals surface area contributed by atoms with E-state index in [1.54, 1.807) is 6.20 Å². The number of H-pyrrole nitrogens is 1. The summed E-state index contributed by atoms with van der Waals surface area (Å²) in [6.45, 7) is 0. The molecule has 1 aliphatic rings. The van der Waals surface area contributed by atoms with Crippen molar-refractivity contribution in [2.75, 3.05) is 0 Å². The molecule has 19 heavy (non-hydrogen) atoms. The second-order valence-electron chi connectivity index (χ2n) is 4.61. The molecule has 2 heterocycles. The van der Waals surface area contributed by atoms with Gasteiger partial charge in [0, 0.05) is 40.5 Å². The summed E-state index contributed by atoms with van der Waals surface area (Å²) in [5, 5.41) is 8.38. The molecule has 0 aliphatic heterocycles. The maximum atomic E-state index is 6.27. The number of rotatable bonds is 1. The fourth-order valence-corrected chi connectivity index (χ4v) is 2.89. The number of aromatic amines is 1. The standard InChI is InChI=1S/C15H10ClN3/c16-13-5-1-4-10-11(13)7-12-14(18-19-15(10)12)9-3-2-6-17-8-9/h1-6,8H,7H2,(H,18,19). The van der Waals surface area contributed by atoms with Crippen LogP contribution in [-0.4, -0.2) is 15.2 Å². The van der Waals surface area contributed by atoms with Crippen LogP contribution in [0.1, 0.15) is 11.1 Å². The van der Waals surface area contributed by atoms with Gasteiger partial charge in [0.15, 0.2) is 0 Å². The first-order valence-corrected chi connectivity index (χ1v) is 6.48. The number of hydrogen-bond donors (Lipinski definition) is 1. The Bertz CT molecular complexity index is 762. The molecule has 1 N–H and O–H groups in total. The van der Waals surface area contributed by atoms with Gasteiger partial charge < -0.3 is 0 Å². The van der Waals surface area contributed by atoms with Gasteiger partial charge in [0.25, 0.3) is 0 Å². The Morgan fingerprint density at radius 3 is 2.89 bits per heavy atom. The Morgan fingerprint density at radius 1 is 1.11 bits per heavy atom. The van der Waals surface area contributed by atoms with E-state index in [-0.39, 0.29) is 0 Å². The third kappa shape index (κ3) is 1.52. The van der Waals surface area contributed by atoms with Gasteiger partial charge in [0.05, 0.1) is 11.4 Å². The van der Waals surface area contributed by atoms with Crippen molar-refractivity contribution in [3.05, 3.63) is 58.9 Å². The predicted molar refractivity (Wildman–Crippen MR) is 75.1 cm³/mol. The maximum Gasteiger partial charge on any atom is 0.0978 e. The molecule has 4 rings (SSSR count). The Balaban J connectivity index is 1.91. The minimum atomic E-state index is 0.819. The van der Waals surface area contributed by atoms with Crippen LogP contribution >= 0.6 is 11.6 Å². The lowest BCUT2D eigenvalue weighted by Gasteiger charge is -2.01. The van der Waals surface area contributed by atoms with Crippen molar-refractivity contribution < 1.29 is 0 Å². The van der Waals surface area contributed by atoms with E-state index in [2.05, 4.69) is 21.2 Å². The number of nitrogens with one attached hydrogen (secondary N) is 1. The van der Waals surface area contributed by atoms with Crippen molar-refractivity contribution in [2.45, 2.75) is 6.42 Å². The van der Waals surface area contributed by atoms with Crippen LogP contribution < -0.4 is 0 Å². The predicted octanol–water partition coefficient (Wildman–Crippen LogP) is 3.70. The summed E-state index contributed by atoms with van der Waals surface area (Å²) in [4.78, 5) is 4.15. The summed E-state index contributed by atoms with van der Waals surface area (Å²) in [6.07, 6.45) is 4.42. The van der Waals surface area contributed by atoms with Gasteiger partial charge in [-0.2, -0.15) is 5.10 Å². The molecule has 0 bridgehead atoms. The summed E-state index contributed by atoms with van der Waals surface area (Å²) in [5.41, 5.74) is 6.62. The zero-order chi connectivity index (χ0) is 12.8. The molecule has 3 nitrogen and oxygen atoms in total. The molecule has 0 fully saturated rings. The number of pyridine rings is 1. The number of benzene rings is 1. The highest BCUT2D eigenvalue weighted by Gasteiger charge is 2.26. The fraction of sp³-hybridized carbons (Fsp3) is 0.0667. The van der Waals surface area contributed by atoms with E-state index in [1.165, 1.54) is 11.1 Å². The van der Waals surface area contributed by atoms with Gasteiger partial charge in [-0.05, 0) is 23.8 Å². The molecule has 1 aliphatic carbocycles. The smallest absolute Gasteiger partial charge is 0.0978 e. The fourth-order valence-electron chi connectivity index (χ4n) is 2.65. The molecule has 2 aromatic heterocycles. The van der Waals surface area contributed by atoms with E-state index in [0.717, 1.165) is 34.0 Å². The molecular weight excluding hydrogens is 258 g/mol. The second kappa shape index (κ2) is 3.93.